The molecule has 24 heavy (non-hydrogen) atoms. The normalized spacial score (nSPS) is 10.9. The number of esters is 1. The summed E-state index contributed by atoms with van der Waals surface area (Å²) in [6.07, 6.45) is 1.68. The molecule has 3 rings (SSSR count). The topological polar surface area (TPSA) is 77.5 Å². The fraction of sp³-hybridized carbons (Fsp3) is 0.250. The molecule has 0 radical (unpaired) electrons. The molecule has 8 heteroatoms. The number of thiophene rings is 1. The van der Waals surface area contributed by atoms with Gasteiger partial charge in [-0.25, -0.2) is 9.78 Å². The maximum atomic E-state index is 11.4. The van der Waals surface area contributed by atoms with Gasteiger partial charge in [0, 0.05) is 4.88 Å². The van der Waals surface area contributed by atoms with Crippen LogP contribution in [0, 0.1) is 0 Å². The predicted octanol–water partition coefficient (Wildman–Crippen LogP) is 3.16. The molecule has 0 saturated heterocycles. The fourth-order valence-electron chi connectivity index (χ4n) is 2.16. The number of hydrogen-bond acceptors (Lipinski definition) is 7. The Bertz CT molecular complexity index is 808. The lowest BCUT2D eigenvalue weighted by atomic mass is 10.4. The summed E-state index contributed by atoms with van der Waals surface area (Å²) >= 11 is 3.15. The van der Waals surface area contributed by atoms with Gasteiger partial charge in [-0.3, -0.25) is 0 Å². The van der Waals surface area contributed by atoms with E-state index in [1.807, 2.05) is 16.0 Å². The highest BCUT2D eigenvalue weighted by atomic mass is 32.2. The third kappa shape index (κ3) is 3.72. The Hall–Kier alpha value is -2.03. The van der Waals surface area contributed by atoms with Crippen LogP contribution in [-0.2, 0) is 23.6 Å². The molecule has 3 aromatic rings. The van der Waals surface area contributed by atoms with E-state index in [0.717, 1.165) is 10.9 Å². The first kappa shape index (κ1) is 16.8. The number of nitrogens with zero attached hydrogens (tertiary/aromatic N) is 2. The van der Waals surface area contributed by atoms with Crippen LogP contribution in [0.1, 0.15) is 26.9 Å². The maximum Gasteiger partial charge on any atom is 0.373 e. The highest BCUT2D eigenvalue weighted by molar-refractivity contribution is 7.98. The average Bonchev–Trinajstić information content (AvgIpc) is 3.34. The number of carbonyl (C=O) groups is 1. The second-order valence-electron chi connectivity index (χ2n) is 4.90. The van der Waals surface area contributed by atoms with Gasteiger partial charge in [0.2, 0.25) is 5.76 Å². The molecule has 6 nitrogen and oxygen atoms in total. The van der Waals surface area contributed by atoms with Crippen molar-refractivity contribution in [3.63, 3.8) is 0 Å². The van der Waals surface area contributed by atoms with Crippen molar-refractivity contribution in [2.24, 2.45) is 0 Å². The number of rotatable bonds is 7. The average molecular weight is 364 g/mol. The minimum absolute atomic E-state index is 0.0633. The molecule has 1 N–H and O–H groups in total. The zero-order valence-corrected chi connectivity index (χ0v) is 14.6. The summed E-state index contributed by atoms with van der Waals surface area (Å²) < 4.78 is 12.1. The Morgan fingerprint density at radius 3 is 3.04 bits per heavy atom. The van der Waals surface area contributed by atoms with Crippen molar-refractivity contribution >= 4 is 29.1 Å². The smallest absolute Gasteiger partial charge is 0.373 e. The summed E-state index contributed by atoms with van der Waals surface area (Å²) in [4.78, 5) is 17.0. The Kier molecular flexibility index (Phi) is 5.39. The van der Waals surface area contributed by atoms with Gasteiger partial charge in [-0.15, -0.1) is 11.3 Å². The highest BCUT2D eigenvalue weighted by Crippen LogP contribution is 2.26. The van der Waals surface area contributed by atoms with Gasteiger partial charge >= 0.3 is 5.97 Å². The van der Waals surface area contributed by atoms with Gasteiger partial charge < -0.3 is 18.8 Å². The molecule has 0 unspecified atom stereocenters. The molecule has 0 fully saturated rings. The molecule has 0 spiro atoms. The maximum absolute atomic E-state index is 11.4. The van der Waals surface area contributed by atoms with Gasteiger partial charge in [-0.1, -0.05) is 17.8 Å². The largest absolute Gasteiger partial charge is 0.463 e. The lowest BCUT2D eigenvalue weighted by molar-refractivity contribution is 0.0563. The Morgan fingerprint density at radius 1 is 1.46 bits per heavy atom. The summed E-state index contributed by atoms with van der Waals surface area (Å²) in [5.41, 5.74) is 0.764. The quantitative estimate of drug-likeness (QED) is 0.513. The molecule has 0 saturated carbocycles. The van der Waals surface area contributed by atoms with Gasteiger partial charge in [0.1, 0.15) is 5.76 Å². The van der Waals surface area contributed by atoms with Gasteiger partial charge in [-0.2, -0.15) is 0 Å². The lowest BCUT2D eigenvalue weighted by Crippen LogP contribution is -2.05. The zero-order valence-electron chi connectivity index (χ0n) is 13.0. The van der Waals surface area contributed by atoms with Crippen molar-refractivity contribution in [2.45, 2.75) is 24.1 Å². The summed E-state index contributed by atoms with van der Waals surface area (Å²) in [6.45, 7) is 0.605. The number of aromatic nitrogens is 2. The number of imidazole rings is 1. The first-order valence-electron chi connectivity index (χ1n) is 7.18. The first-order valence-corrected chi connectivity index (χ1v) is 9.05. The molecule has 0 aliphatic heterocycles. The molecule has 0 aliphatic carbocycles. The van der Waals surface area contributed by atoms with Crippen molar-refractivity contribution in [1.29, 1.82) is 0 Å². The van der Waals surface area contributed by atoms with Crippen LogP contribution in [-0.4, -0.2) is 27.7 Å². The van der Waals surface area contributed by atoms with Gasteiger partial charge in [0.25, 0.3) is 0 Å². The van der Waals surface area contributed by atoms with Crippen LogP contribution in [0.4, 0.5) is 0 Å². The number of aliphatic hydroxyl groups is 1. The van der Waals surface area contributed by atoms with Crippen molar-refractivity contribution in [3.8, 4) is 0 Å². The zero-order chi connectivity index (χ0) is 16.9. The number of hydrogen-bond donors (Lipinski definition) is 1. The number of thioether (sulfide) groups is 1. The number of ether oxygens (including phenoxy) is 1. The van der Waals surface area contributed by atoms with Gasteiger partial charge in [0.15, 0.2) is 5.16 Å². The molecular formula is C16H16N2O4S2. The minimum atomic E-state index is -0.493. The Morgan fingerprint density at radius 2 is 2.33 bits per heavy atom. The van der Waals surface area contributed by atoms with Crippen LogP contribution in [0.5, 0.6) is 0 Å². The molecule has 0 bridgehead atoms. The number of carbonyl (C=O) groups excluding carboxylic acids is 1. The number of aliphatic hydroxyl groups excluding tert-OH is 1. The molecular weight excluding hydrogens is 348 g/mol. The lowest BCUT2D eigenvalue weighted by Gasteiger charge is -2.09. The van der Waals surface area contributed by atoms with Crippen molar-refractivity contribution < 1.29 is 19.1 Å². The van der Waals surface area contributed by atoms with Crippen LogP contribution >= 0.6 is 23.1 Å². The summed E-state index contributed by atoms with van der Waals surface area (Å²) in [6, 6.07) is 7.40. The first-order chi connectivity index (χ1) is 11.7. The minimum Gasteiger partial charge on any atom is -0.463 e. The van der Waals surface area contributed by atoms with E-state index in [0.29, 0.717) is 18.1 Å². The standard InChI is InChI=1S/C16H16N2O4S2/c1-21-15(20)14-5-4-12(22-14)10-24-16-17-7-11(9-19)18(16)8-13-3-2-6-23-13/h2-7,19H,8-10H2,1H3. The van der Waals surface area contributed by atoms with Gasteiger partial charge in [0.05, 0.1) is 37.9 Å². The third-order valence-corrected chi connectivity index (χ3v) is 5.22. The monoisotopic (exact) mass is 364 g/mol. The van der Waals surface area contributed by atoms with E-state index in [1.165, 1.54) is 23.7 Å². The van der Waals surface area contributed by atoms with Crippen LogP contribution in [0.3, 0.4) is 0 Å². The van der Waals surface area contributed by atoms with E-state index < -0.39 is 5.97 Å². The van der Waals surface area contributed by atoms with Crippen molar-refractivity contribution in [2.75, 3.05) is 7.11 Å². The Labute approximate surface area is 147 Å². The van der Waals surface area contributed by atoms with Crippen LogP contribution < -0.4 is 0 Å². The highest BCUT2D eigenvalue weighted by Gasteiger charge is 2.14. The molecule has 0 atom stereocenters. The second kappa shape index (κ2) is 7.69. The molecule has 126 valence electrons. The van der Waals surface area contributed by atoms with Crippen LogP contribution in [0.15, 0.2) is 45.4 Å². The van der Waals surface area contributed by atoms with E-state index in [1.54, 1.807) is 29.7 Å². The third-order valence-electron chi connectivity index (χ3n) is 3.35. The summed E-state index contributed by atoms with van der Waals surface area (Å²) in [7, 11) is 1.32. The Balaban J connectivity index is 1.72. The molecule has 3 heterocycles. The van der Waals surface area contributed by atoms with E-state index in [-0.39, 0.29) is 12.4 Å². The van der Waals surface area contributed by atoms with E-state index in [4.69, 9.17) is 4.42 Å². The summed E-state index contributed by atoms with van der Waals surface area (Å²) in [5, 5.41) is 12.3. The van der Waals surface area contributed by atoms with Gasteiger partial charge in [-0.05, 0) is 23.6 Å². The van der Waals surface area contributed by atoms with E-state index >= 15 is 0 Å². The van der Waals surface area contributed by atoms with Crippen LogP contribution in [0.2, 0.25) is 0 Å². The fourth-order valence-corrected chi connectivity index (χ4v) is 3.75. The molecule has 0 aromatic carbocycles. The number of methoxy groups -OCH3 is 1. The number of furan rings is 1. The van der Waals surface area contributed by atoms with Crippen molar-refractivity contribution in [1.82, 2.24) is 9.55 Å². The summed E-state index contributed by atoms with van der Waals surface area (Å²) in [5.74, 6) is 0.888. The SMILES string of the molecule is COC(=O)c1ccc(CSc2ncc(CO)n2Cc2cccs2)o1. The van der Waals surface area contributed by atoms with Crippen molar-refractivity contribution in [3.05, 3.63) is 57.9 Å². The van der Waals surface area contributed by atoms with E-state index in [2.05, 4.69) is 15.8 Å². The predicted molar refractivity (Wildman–Crippen MR) is 91.2 cm³/mol. The molecule has 3 aromatic heterocycles. The molecule has 0 amide bonds. The molecule has 0 aliphatic rings. The van der Waals surface area contributed by atoms with E-state index in [9.17, 15) is 9.90 Å². The second-order valence-corrected chi connectivity index (χ2v) is 6.88. The van der Waals surface area contributed by atoms with Crippen LogP contribution in [0.25, 0.3) is 0 Å².